The zero-order valence-electron chi connectivity index (χ0n) is 15.3. The van der Waals surface area contributed by atoms with Gasteiger partial charge in [-0.15, -0.1) is 0 Å². The molecule has 22 heavy (non-hydrogen) atoms. The van der Waals surface area contributed by atoms with Gasteiger partial charge in [0, 0.05) is 6.08 Å². The Morgan fingerprint density at radius 1 is 0.864 bits per heavy atom. The van der Waals surface area contributed by atoms with E-state index in [9.17, 15) is 4.79 Å². The van der Waals surface area contributed by atoms with Crippen LogP contribution in [0.1, 0.15) is 84.0 Å². The van der Waals surface area contributed by atoms with E-state index in [0.717, 1.165) is 6.54 Å². The first kappa shape index (κ1) is 21.2. The van der Waals surface area contributed by atoms with Gasteiger partial charge in [0.25, 0.3) is 5.91 Å². The number of carbonyl (C=O) groups excluding carboxylic acids is 1. The van der Waals surface area contributed by atoms with Crippen molar-refractivity contribution in [3.05, 3.63) is 12.7 Å². The van der Waals surface area contributed by atoms with Crippen LogP contribution in [-0.4, -0.2) is 31.1 Å². The highest BCUT2D eigenvalue weighted by Crippen LogP contribution is 2.12. The Morgan fingerprint density at radius 3 is 1.68 bits per heavy atom. The first-order valence-electron chi connectivity index (χ1n) is 9.29. The van der Waals surface area contributed by atoms with E-state index >= 15 is 0 Å². The zero-order valence-corrected chi connectivity index (χ0v) is 15.3. The van der Waals surface area contributed by atoms with E-state index in [0.29, 0.717) is 4.59 Å². The summed E-state index contributed by atoms with van der Waals surface area (Å²) in [6.45, 7) is 6.74. The minimum Gasteiger partial charge on any atom is -0.265 e. The van der Waals surface area contributed by atoms with E-state index in [2.05, 4.69) is 18.9 Å². The summed E-state index contributed by atoms with van der Waals surface area (Å²) in [4.78, 5) is 11.3. The summed E-state index contributed by atoms with van der Waals surface area (Å²) in [6.07, 6.45) is 17.7. The molecule has 0 saturated carbocycles. The molecular formula is C19H39N2O+. The van der Waals surface area contributed by atoms with Crippen molar-refractivity contribution in [1.29, 1.82) is 0 Å². The molecule has 0 bridgehead atoms. The number of hydrogen-bond acceptors (Lipinski definition) is 1. The summed E-state index contributed by atoms with van der Waals surface area (Å²) in [6, 6.07) is 0. The van der Waals surface area contributed by atoms with Crippen molar-refractivity contribution in [3.8, 4) is 0 Å². The van der Waals surface area contributed by atoms with Crippen LogP contribution in [0.2, 0.25) is 0 Å². The Hall–Kier alpha value is -0.830. The van der Waals surface area contributed by atoms with E-state index in [1.54, 1.807) is 0 Å². The summed E-state index contributed by atoms with van der Waals surface area (Å²) in [5, 5.41) is 0. The molecule has 1 amide bonds. The topological polar surface area (TPSA) is 29.1 Å². The highest BCUT2D eigenvalue weighted by atomic mass is 16.2. The van der Waals surface area contributed by atoms with Gasteiger partial charge >= 0.3 is 0 Å². The summed E-state index contributed by atoms with van der Waals surface area (Å²) in [5.74, 6) is -0.0936. The van der Waals surface area contributed by atoms with E-state index in [4.69, 9.17) is 0 Å². The lowest BCUT2D eigenvalue weighted by Gasteiger charge is -2.28. The van der Waals surface area contributed by atoms with Crippen LogP contribution in [0.5, 0.6) is 0 Å². The van der Waals surface area contributed by atoms with Crippen LogP contribution < -0.4 is 5.43 Å². The number of unbranched alkanes of at least 4 members (excludes halogenated alkanes) is 11. The maximum atomic E-state index is 11.3. The van der Waals surface area contributed by atoms with Crippen LogP contribution >= 0.6 is 0 Å². The van der Waals surface area contributed by atoms with Crippen molar-refractivity contribution >= 4 is 5.91 Å². The quantitative estimate of drug-likeness (QED) is 0.196. The number of amides is 1. The van der Waals surface area contributed by atoms with Gasteiger partial charge in [-0.05, 0) is 12.8 Å². The molecule has 0 saturated heterocycles. The second-order valence-corrected chi connectivity index (χ2v) is 6.98. The van der Waals surface area contributed by atoms with Crippen LogP contribution in [0.25, 0.3) is 0 Å². The fourth-order valence-corrected chi connectivity index (χ4v) is 2.75. The minimum atomic E-state index is -0.0936. The average Bonchev–Trinajstić information content (AvgIpc) is 2.47. The Kier molecular flexibility index (Phi) is 13.3. The lowest BCUT2D eigenvalue weighted by molar-refractivity contribution is -0.925. The van der Waals surface area contributed by atoms with Gasteiger partial charge in [-0.2, -0.15) is 5.43 Å². The van der Waals surface area contributed by atoms with Gasteiger partial charge in [0.1, 0.15) is 6.54 Å². The van der Waals surface area contributed by atoms with Crippen LogP contribution in [0.15, 0.2) is 12.7 Å². The Balaban J connectivity index is 3.32. The van der Waals surface area contributed by atoms with Gasteiger partial charge < -0.3 is 0 Å². The van der Waals surface area contributed by atoms with Crippen LogP contribution in [-0.2, 0) is 4.79 Å². The predicted molar refractivity (Wildman–Crippen MR) is 96.4 cm³/mol. The zero-order chi connectivity index (χ0) is 16.7. The first-order chi connectivity index (χ1) is 10.5. The van der Waals surface area contributed by atoms with Crippen molar-refractivity contribution in [1.82, 2.24) is 5.43 Å². The van der Waals surface area contributed by atoms with Crippen molar-refractivity contribution in [2.24, 2.45) is 0 Å². The lowest BCUT2D eigenvalue weighted by Crippen LogP contribution is -2.54. The first-order valence-corrected chi connectivity index (χ1v) is 9.29. The van der Waals surface area contributed by atoms with Gasteiger partial charge in [-0.25, -0.2) is 4.59 Å². The number of carbonyl (C=O) groups is 1. The molecule has 0 aliphatic carbocycles. The molecule has 0 aromatic heterocycles. The fourth-order valence-electron chi connectivity index (χ4n) is 2.75. The molecule has 3 heteroatoms. The molecule has 0 aromatic carbocycles. The van der Waals surface area contributed by atoms with Crippen molar-refractivity contribution in [2.45, 2.75) is 84.0 Å². The minimum absolute atomic E-state index is 0.0936. The van der Waals surface area contributed by atoms with E-state index in [1.165, 1.54) is 83.1 Å². The molecule has 130 valence electrons. The van der Waals surface area contributed by atoms with Gasteiger partial charge in [-0.3, -0.25) is 4.79 Å². The third-order valence-electron chi connectivity index (χ3n) is 4.17. The van der Waals surface area contributed by atoms with Crippen molar-refractivity contribution < 1.29 is 9.39 Å². The molecule has 0 rings (SSSR count). The van der Waals surface area contributed by atoms with Crippen LogP contribution in [0.3, 0.4) is 0 Å². The average molecular weight is 312 g/mol. The fraction of sp³-hybridized carbons (Fsp3) is 0.842. The van der Waals surface area contributed by atoms with E-state index in [-0.39, 0.29) is 5.91 Å². The van der Waals surface area contributed by atoms with E-state index < -0.39 is 0 Å². The molecule has 0 radical (unpaired) electrons. The Morgan fingerprint density at radius 2 is 1.27 bits per heavy atom. The highest BCUT2D eigenvalue weighted by molar-refractivity contribution is 5.85. The Labute approximate surface area is 138 Å². The van der Waals surface area contributed by atoms with Crippen LogP contribution in [0.4, 0.5) is 0 Å². The third-order valence-corrected chi connectivity index (χ3v) is 4.17. The summed E-state index contributed by atoms with van der Waals surface area (Å²) in [7, 11) is 4.06. The van der Waals surface area contributed by atoms with Crippen LogP contribution in [0, 0.1) is 0 Å². The molecule has 0 atom stereocenters. The molecule has 0 aliphatic rings. The highest BCUT2D eigenvalue weighted by Gasteiger charge is 2.16. The van der Waals surface area contributed by atoms with E-state index in [1.807, 2.05) is 14.1 Å². The molecule has 0 heterocycles. The summed E-state index contributed by atoms with van der Waals surface area (Å²) >= 11 is 0. The number of nitrogens with zero attached hydrogens (tertiary/aromatic N) is 1. The van der Waals surface area contributed by atoms with Gasteiger partial charge in [0.2, 0.25) is 0 Å². The van der Waals surface area contributed by atoms with Gasteiger partial charge in [0.05, 0.1) is 14.1 Å². The largest absolute Gasteiger partial charge is 0.288 e. The molecule has 0 aromatic rings. The van der Waals surface area contributed by atoms with Gasteiger partial charge in [0.15, 0.2) is 0 Å². The molecule has 1 N–H and O–H groups in total. The molecule has 0 spiro atoms. The lowest BCUT2D eigenvalue weighted by atomic mass is 10.1. The normalized spacial score (nSPS) is 11.4. The second-order valence-electron chi connectivity index (χ2n) is 6.98. The number of hydrogen-bond donors (Lipinski definition) is 1. The number of quaternary nitrogens is 1. The summed E-state index contributed by atoms with van der Waals surface area (Å²) < 4.78 is 0.544. The van der Waals surface area contributed by atoms with Crippen molar-refractivity contribution in [3.63, 3.8) is 0 Å². The molecule has 3 nitrogen and oxygen atoms in total. The number of rotatable bonds is 15. The SMILES string of the molecule is C=CC(=O)N[N+](C)(C)CCCCCCCCCCCCCC. The van der Waals surface area contributed by atoms with Crippen molar-refractivity contribution in [2.75, 3.05) is 20.6 Å². The standard InChI is InChI=1S/C19H38N2O/c1-5-7-8-9-10-11-12-13-14-15-16-17-18-21(3,4)20-19(22)6-2/h6H,2,5,7-18H2,1,3-4H3/p+1. The maximum absolute atomic E-state index is 11.3. The van der Waals surface area contributed by atoms with Gasteiger partial charge in [-0.1, -0.05) is 77.7 Å². The predicted octanol–water partition coefficient (Wildman–Crippen LogP) is 4.98. The molecule has 0 fully saturated rings. The monoisotopic (exact) mass is 311 g/mol. The summed E-state index contributed by atoms with van der Waals surface area (Å²) in [5.41, 5.74) is 2.93. The second kappa shape index (κ2) is 13.8. The molecule has 0 unspecified atom stereocenters. The number of nitrogens with one attached hydrogen (secondary N) is 1. The smallest absolute Gasteiger partial charge is 0.265 e. The molecule has 0 aliphatic heterocycles. The third kappa shape index (κ3) is 14.1. The molecular weight excluding hydrogens is 272 g/mol. The maximum Gasteiger partial charge on any atom is 0.288 e. The Bertz CT molecular complexity index is 287.